The van der Waals surface area contributed by atoms with E-state index in [0.717, 1.165) is 31.7 Å². The third-order valence-corrected chi connectivity index (χ3v) is 3.75. The predicted octanol–water partition coefficient (Wildman–Crippen LogP) is 2.50. The molecule has 0 aliphatic carbocycles. The first-order valence-corrected chi connectivity index (χ1v) is 6.47. The van der Waals surface area contributed by atoms with Crippen LogP contribution >= 0.6 is 15.9 Å². The van der Waals surface area contributed by atoms with E-state index in [1.165, 1.54) is 12.1 Å². The van der Waals surface area contributed by atoms with Crippen LogP contribution in [0.5, 0.6) is 0 Å². The Hall–Kier alpha value is -0.520. The Balaban J connectivity index is 2.21. The number of alkyl halides is 1. The van der Waals surface area contributed by atoms with Crippen molar-refractivity contribution in [3.8, 4) is 0 Å². The summed E-state index contributed by atoms with van der Waals surface area (Å²) in [5, 5.41) is 3.23. The molecule has 94 valence electrons. The highest BCUT2D eigenvalue weighted by atomic mass is 79.9. The summed E-state index contributed by atoms with van der Waals surface area (Å²) in [6.45, 7) is 2.92. The molecular weight excluding hydrogens is 290 g/mol. The zero-order valence-corrected chi connectivity index (χ0v) is 11.0. The molecule has 0 saturated carbocycles. The summed E-state index contributed by atoms with van der Waals surface area (Å²) < 4.78 is 26.9. The van der Waals surface area contributed by atoms with Crippen molar-refractivity contribution < 1.29 is 8.78 Å². The highest BCUT2D eigenvalue weighted by molar-refractivity contribution is 9.10. The lowest BCUT2D eigenvalue weighted by molar-refractivity contribution is 0.147. The quantitative estimate of drug-likeness (QED) is 0.923. The van der Waals surface area contributed by atoms with Gasteiger partial charge in [-0.3, -0.25) is 4.90 Å². The molecule has 0 unspecified atom stereocenters. The van der Waals surface area contributed by atoms with E-state index in [4.69, 9.17) is 0 Å². The van der Waals surface area contributed by atoms with Crippen LogP contribution in [0, 0.1) is 5.82 Å². The van der Waals surface area contributed by atoms with Crippen molar-refractivity contribution in [2.45, 2.75) is 6.04 Å². The highest BCUT2D eigenvalue weighted by Gasteiger charge is 2.23. The summed E-state index contributed by atoms with van der Waals surface area (Å²) in [4.78, 5) is 2.09. The maximum Gasteiger partial charge on any atom is 0.124 e. The molecule has 0 aromatic heterocycles. The zero-order chi connectivity index (χ0) is 12.3. The molecule has 2 nitrogen and oxygen atoms in total. The lowest BCUT2D eigenvalue weighted by Gasteiger charge is -2.34. The van der Waals surface area contributed by atoms with E-state index in [9.17, 15) is 8.78 Å². The van der Waals surface area contributed by atoms with Gasteiger partial charge in [0, 0.05) is 30.7 Å². The first kappa shape index (κ1) is 12.9. The molecule has 0 amide bonds. The third kappa shape index (κ3) is 3.03. The van der Waals surface area contributed by atoms with Crippen LogP contribution in [-0.2, 0) is 0 Å². The average molecular weight is 305 g/mol. The van der Waals surface area contributed by atoms with Gasteiger partial charge in [0.2, 0.25) is 0 Å². The Labute approximate surface area is 108 Å². The minimum absolute atomic E-state index is 0.285. The number of hydrogen-bond acceptors (Lipinski definition) is 2. The van der Waals surface area contributed by atoms with Gasteiger partial charge >= 0.3 is 0 Å². The van der Waals surface area contributed by atoms with Crippen LogP contribution in [0.25, 0.3) is 0 Å². The van der Waals surface area contributed by atoms with E-state index < -0.39 is 6.67 Å². The topological polar surface area (TPSA) is 15.3 Å². The molecule has 1 atom stereocenters. The normalized spacial score (nSPS) is 19.2. The number of piperazine rings is 1. The fourth-order valence-electron chi connectivity index (χ4n) is 2.14. The van der Waals surface area contributed by atoms with Gasteiger partial charge < -0.3 is 5.32 Å². The molecule has 1 fully saturated rings. The van der Waals surface area contributed by atoms with Crippen molar-refractivity contribution in [3.63, 3.8) is 0 Å². The fourth-order valence-corrected chi connectivity index (χ4v) is 2.76. The summed E-state index contributed by atoms with van der Waals surface area (Å²) in [7, 11) is 0. The van der Waals surface area contributed by atoms with Gasteiger partial charge in [0.05, 0.1) is 6.04 Å². The summed E-state index contributed by atoms with van der Waals surface area (Å²) in [6, 6.07) is 4.14. The van der Waals surface area contributed by atoms with Crippen LogP contribution in [0.3, 0.4) is 0 Å². The summed E-state index contributed by atoms with van der Waals surface area (Å²) >= 11 is 3.31. The standard InChI is InChI=1S/C12H15BrF2N2/c13-11-7-9(15)1-2-10(11)12(8-14)17-5-3-16-4-6-17/h1-2,7,12,16H,3-6,8H2/t12-/m1/s1. The Morgan fingerprint density at radius 1 is 1.35 bits per heavy atom. The smallest absolute Gasteiger partial charge is 0.124 e. The number of halogens is 3. The Morgan fingerprint density at radius 2 is 2.06 bits per heavy atom. The van der Waals surface area contributed by atoms with Crippen LogP contribution in [0.2, 0.25) is 0 Å². The fraction of sp³-hybridized carbons (Fsp3) is 0.500. The second-order valence-electron chi connectivity index (χ2n) is 4.12. The molecule has 1 saturated heterocycles. The highest BCUT2D eigenvalue weighted by Crippen LogP contribution is 2.29. The van der Waals surface area contributed by atoms with Gasteiger partial charge in [0.25, 0.3) is 0 Å². The van der Waals surface area contributed by atoms with E-state index in [-0.39, 0.29) is 11.9 Å². The Kier molecular flexibility index (Phi) is 4.48. The molecule has 0 spiro atoms. The van der Waals surface area contributed by atoms with Crippen molar-refractivity contribution in [1.29, 1.82) is 0 Å². The summed E-state index contributed by atoms with van der Waals surface area (Å²) in [6.07, 6.45) is 0. The maximum absolute atomic E-state index is 13.2. The Bertz CT molecular complexity index is 381. The molecule has 2 rings (SSSR count). The van der Waals surface area contributed by atoms with Gasteiger partial charge in [-0.1, -0.05) is 22.0 Å². The lowest BCUT2D eigenvalue weighted by atomic mass is 10.1. The van der Waals surface area contributed by atoms with E-state index in [0.29, 0.717) is 4.47 Å². The van der Waals surface area contributed by atoms with Crippen LogP contribution in [0.4, 0.5) is 8.78 Å². The minimum Gasteiger partial charge on any atom is -0.314 e. The van der Waals surface area contributed by atoms with Crippen molar-refractivity contribution in [2.75, 3.05) is 32.9 Å². The lowest BCUT2D eigenvalue weighted by Crippen LogP contribution is -2.45. The van der Waals surface area contributed by atoms with E-state index in [1.807, 2.05) is 0 Å². The molecule has 5 heteroatoms. The molecule has 0 bridgehead atoms. The maximum atomic E-state index is 13.2. The molecular formula is C12H15BrF2N2. The number of benzene rings is 1. The molecule has 1 heterocycles. The first-order valence-electron chi connectivity index (χ1n) is 5.68. The number of rotatable bonds is 3. The zero-order valence-electron chi connectivity index (χ0n) is 9.43. The van der Waals surface area contributed by atoms with Crippen LogP contribution in [-0.4, -0.2) is 37.8 Å². The molecule has 1 aliphatic heterocycles. The molecule has 1 aliphatic rings. The second-order valence-corrected chi connectivity index (χ2v) is 4.98. The predicted molar refractivity (Wildman–Crippen MR) is 67.3 cm³/mol. The van der Waals surface area contributed by atoms with Crippen molar-refractivity contribution in [2.24, 2.45) is 0 Å². The van der Waals surface area contributed by atoms with Crippen molar-refractivity contribution in [1.82, 2.24) is 10.2 Å². The van der Waals surface area contributed by atoms with Gasteiger partial charge in [0.15, 0.2) is 0 Å². The second kappa shape index (κ2) is 5.89. The average Bonchev–Trinajstić information content (AvgIpc) is 2.34. The third-order valence-electron chi connectivity index (χ3n) is 3.06. The first-order chi connectivity index (χ1) is 8.22. The van der Waals surface area contributed by atoms with Gasteiger partial charge in [0.1, 0.15) is 12.5 Å². The summed E-state index contributed by atoms with van der Waals surface area (Å²) in [5.74, 6) is -0.307. The Morgan fingerprint density at radius 3 is 2.65 bits per heavy atom. The minimum atomic E-state index is -0.454. The van der Waals surface area contributed by atoms with E-state index >= 15 is 0 Å². The molecule has 1 N–H and O–H groups in total. The van der Waals surface area contributed by atoms with Crippen LogP contribution < -0.4 is 5.32 Å². The van der Waals surface area contributed by atoms with Crippen molar-refractivity contribution >= 4 is 15.9 Å². The number of hydrogen-bond donors (Lipinski definition) is 1. The molecule has 1 aromatic rings. The van der Waals surface area contributed by atoms with Gasteiger partial charge in [-0.25, -0.2) is 8.78 Å². The van der Waals surface area contributed by atoms with Gasteiger partial charge in [-0.15, -0.1) is 0 Å². The summed E-state index contributed by atoms with van der Waals surface area (Å²) in [5.41, 5.74) is 0.816. The molecule has 0 radical (unpaired) electrons. The SMILES string of the molecule is FC[C@H](c1ccc(F)cc1Br)N1CCNCC1. The van der Waals surface area contributed by atoms with E-state index in [1.54, 1.807) is 6.07 Å². The number of nitrogens with one attached hydrogen (secondary N) is 1. The largest absolute Gasteiger partial charge is 0.314 e. The molecule has 17 heavy (non-hydrogen) atoms. The van der Waals surface area contributed by atoms with Gasteiger partial charge in [-0.2, -0.15) is 0 Å². The monoisotopic (exact) mass is 304 g/mol. The van der Waals surface area contributed by atoms with Crippen LogP contribution in [0.15, 0.2) is 22.7 Å². The van der Waals surface area contributed by atoms with Crippen molar-refractivity contribution in [3.05, 3.63) is 34.1 Å². The van der Waals surface area contributed by atoms with E-state index in [2.05, 4.69) is 26.1 Å². The number of nitrogens with zero attached hydrogens (tertiary/aromatic N) is 1. The molecule has 1 aromatic carbocycles. The van der Waals surface area contributed by atoms with Crippen LogP contribution in [0.1, 0.15) is 11.6 Å². The van der Waals surface area contributed by atoms with Gasteiger partial charge in [-0.05, 0) is 17.7 Å².